The lowest BCUT2D eigenvalue weighted by atomic mass is 10.1. The highest BCUT2D eigenvalue weighted by molar-refractivity contribution is 5.98. The van der Waals surface area contributed by atoms with Crippen LogP contribution in [0.3, 0.4) is 0 Å². The van der Waals surface area contributed by atoms with Crippen LogP contribution < -0.4 is 24.4 Å². The van der Waals surface area contributed by atoms with E-state index in [0.29, 0.717) is 35.6 Å². The summed E-state index contributed by atoms with van der Waals surface area (Å²) >= 11 is 0. The lowest BCUT2D eigenvalue weighted by molar-refractivity contribution is 0.209. The number of benzene rings is 3. The SMILES string of the molecule is COc1ccccc1N(C(=O)Oc1c(C)cccc1C)c1ccnc(Nc2ccc(OCCN(C)C)cc2)n1. The molecular formula is C30H33N5O4. The number of aryl methyl sites for hydroxylation is 2. The molecule has 1 heterocycles. The van der Waals surface area contributed by atoms with Crippen molar-refractivity contribution in [3.63, 3.8) is 0 Å². The molecule has 0 saturated heterocycles. The molecule has 9 nitrogen and oxygen atoms in total. The molecule has 0 atom stereocenters. The third-order valence-corrected chi connectivity index (χ3v) is 5.89. The second-order valence-electron chi connectivity index (χ2n) is 9.14. The first-order valence-electron chi connectivity index (χ1n) is 12.5. The lowest BCUT2D eigenvalue weighted by Crippen LogP contribution is -2.30. The van der Waals surface area contributed by atoms with Gasteiger partial charge in [-0.15, -0.1) is 0 Å². The zero-order chi connectivity index (χ0) is 27.8. The highest BCUT2D eigenvalue weighted by Crippen LogP contribution is 2.35. The van der Waals surface area contributed by atoms with Gasteiger partial charge in [-0.25, -0.2) is 14.7 Å². The molecule has 0 aliphatic heterocycles. The molecule has 1 amide bonds. The van der Waals surface area contributed by atoms with Gasteiger partial charge in [-0.2, -0.15) is 4.98 Å². The number of hydrogen-bond acceptors (Lipinski definition) is 8. The van der Waals surface area contributed by atoms with Crippen LogP contribution in [0.4, 0.5) is 27.9 Å². The molecule has 0 aliphatic carbocycles. The number of para-hydroxylation sites is 3. The van der Waals surface area contributed by atoms with Gasteiger partial charge in [0.1, 0.15) is 29.7 Å². The maximum Gasteiger partial charge on any atom is 0.425 e. The number of carbonyl (C=O) groups is 1. The van der Waals surface area contributed by atoms with Crippen molar-refractivity contribution >= 4 is 29.2 Å². The standard InChI is InChI=1S/C30H33N5O4/c1-21-9-8-10-22(2)28(21)39-30(36)35(25-11-6-7-12-26(25)37-5)27-17-18-31-29(33-27)32-23-13-15-24(16-14-23)38-20-19-34(3)4/h6-18H,19-20H2,1-5H3,(H,31,32,33). The Kier molecular flexibility index (Phi) is 8.96. The molecule has 3 aromatic carbocycles. The number of hydrogen-bond donors (Lipinski definition) is 1. The van der Waals surface area contributed by atoms with Crippen LogP contribution in [0, 0.1) is 13.8 Å². The smallest absolute Gasteiger partial charge is 0.425 e. The Morgan fingerprint density at radius 1 is 0.923 bits per heavy atom. The molecule has 0 saturated carbocycles. The predicted molar refractivity (Wildman–Crippen MR) is 153 cm³/mol. The molecule has 202 valence electrons. The summed E-state index contributed by atoms with van der Waals surface area (Å²) in [4.78, 5) is 26.1. The average Bonchev–Trinajstić information content (AvgIpc) is 2.92. The molecule has 9 heteroatoms. The molecule has 39 heavy (non-hydrogen) atoms. The number of nitrogens with one attached hydrogen (secondary N) is 1. The van der Waals surface area contributed by atoms with Gasteiger partial charge in [-0.1, -0.05) is 30.3 Å². The maximum absolute atomic E-state index is 13.7. The van der Waals surface area contributed by atoms with E-state index in [1.807, 2.05) is 82.5 Å². The van der Waals surface area contributed by atoms with Gasteiger partial charge in [-0.05, 0) is 75.5 Å². The molecule has 0 spiro atoms. The van der Waals surface area contributed by atoms with Crippen LogP contribution in [-0.2, 0) is 0 Å². The summed E-state index contributed by atoms with van der Waals surface area (Å²) in [6, 6.07) is 22.1. The van der Waals surface area contributed by atoms with Crippen molar-refractivity contribution in [2.24, 2.45) is 0 Å². The van der Waals surface area contributed by atoms with Crippen molar-refractivity contribution in [2.75, 3.05) is 44.6 Å². The molecule has 0 fully saturated rings. The van der Waals surface area contributed by atoms with Crippen LogP contribution in [0.2, 0.25) is 0 Å². The monoisotopic (exact) mass is 527 g/mol. The molecule has 0 radical (unpaired) electrons. The first kappa shape index (κ1) is 27.4. The molecule has 0 bridgehead atoms. The maximum atomic E-state index is 13.7. The first-order valence-corrected chi connectivity index (χ1v) is 12.5. The van der Waals surface area contributed by atoms with Gasteiger partial charge in [0.15, 0.2) is 0 Å². The van der Waals surface area contributed by atoms with Crippen molar-refractivity contribution in [3.05, 3.63) is 90.1 Å². The molecule has 4 aromatic rings. The highest BCUT2D eigenvalue weighted by Gasteiger charge is 2.26. The van der Waals surface area contributed by atoms with E-state index < -0.39 is 6.09 Å². The van der Waals surface area contributed by atoms with Gasteiger partial charge in [0.25, 0.3) is 0 Å². The Bertz CT molecular complexity index is 1390. The minimum absolute atomic E-state index is 0.313. The van der Waals surface area contributed by atoms with Gasteiger partial charge in [0.2, 0.25) is 5.95 Å². The predicted octanol–water partition coefficient (Wildman–Crippen LogP) is 6.12. The second kappa shape index (κ2) is 12.7. The van der Waals surface area contributed by atoms with E-state index in [9.17, 15) is 4.79 Å². The van der Waals surface area contributed by atoms with Crippen LogP contribution in [0.5, 0.6) is 17.2 Å². The Morgan fingerprint density at radius 3 is 2.33 bits per heavy atom. The summed E-state index contributed by atoms with van der Waals surface area (Å²) in [7, 11) is 5.56. The number of ether oxygens (including phenoxy) is 3. The quantitative estimate of drug-likeness (QED) is 0.264. The fourth-order valence-electron chi connectivity index (χ4n) is 3.87. The number of nitrogens with zero attached hydrogens (tertiary/aromatic N) is 4. The van der Waals surface area contributed by atoms with Crippen LogP contribution in [0.1, 0.15) is 11.1 Å². The summed E-state index contributed by atoms with van der Waals surface area (Å²) in [5.41, 5.74) is 2.96. The Hall–Kier alpha value is -4.63. The minimum atomic E-state index is -0.624. The van der Waals surface area contributed by atoms with Crippen LogP contribution in [0.25, 0.3) is 0 Å². The van der Waals surface area contributed by atoms with E-state index in [0.717, 1.165) is 29.1 Å². The first-order chi connectivity index (χ1) is 18.9. The van der Waals surface area contributed by atoms with E-state index in [4.69, 9.17) is 14.2 Å². The summed E-state index contributed by atoms with van der Waals surface area (Å²) in [5.74, 6) is 2.40. The van der Waals surface area contributed by atoms with Gasteiger partial charge >= 0.3 is 6.09 Å². The largest absolute Gasteiger partial charge is 0.495 e. The fraction of sp³-hybridized carbons (Fsp3) is 0.233. The Morgan fingerprint density at radius 2 is 1.64 bits per heavy atom. The molecule has 0 unspecified atom stereocenters. The second-order valence-corrected chi connectivity index (χ2v) is 9.14. The molecule has 4 rings (SSSR count). The molecule has 1 N–H and O–H groups in total. The number of anilines is 4. The summed E-state index contributed by atoms with van der Waals surface area (Å²) in [5, 5.41) is 3.19. The van der Waals surface area contributed by atoms with E-state index in [1.165, 1.54) is 4.90 Å². The van der Waals surface area contributed by atoms with E-state index in [-0.39, 0.29) is 0 Å². The third kappa shape index (κ3) is 7.03. The molecule has 0 aliphatic rings. The van der Waals surface area contributed by atoms with E-state index >= 15 is 0 Å². The van der Waals surface area contributed by atoms with Gasteiger partial charge in [-0.3, -0.25) is 0 Å². The summed E-state index contributed by atoms with van der Waals surface area (Å²) in [6.45, 7) is 5.22. The third-order valence-electron chi connectivity index (χ3n) is 5.89. The summed E-state index contributed by atoms with van der Waals surface area (Å²) in [6.07, 6.45) is 0.957. The normalized spacial score (nSPS) is 10.7. The Labute approximate surface area is 229 Å². The van der Waals surface area contributed by atoms with Crippen molar-refractivity contribution in [2.45, 2.75) is 13.8 Å². The number of aromatic nitrogens is 2. The van der Waals surface area contributed by atoms with Crippen molar-refractivity contribution in [1.82, 2.24) is 14.9 Å². The average molecular weight is 528 g/mol. The van der Waals surface area contributed by atoms with Crippen LogP contribution in [-0.4, -0.2) is 55.3 Å². The van der Waals surface area contributed by atoms with Crippen molar-refractivity contribution in [1.29, 1.82) is 0 Å². The number of methoxy groups -OCH3 is 1. The van der Waals surface area contributed by atoms with Gasteiger partial charge in [0.05, 0.1) is 12.8 Å². The molecular weight excluding hydrogens is 494 g/mol. The number of amides is 1. The van der Waals surface area contributed by atoms with E-state index in [2.05, 4.69) is 20.2 Å². The van der Waals surface area contributed by atoms with Crippen LogP contribution in [0.15, 0.2) is 79.0 Å². The highest BCUT2D eigenvalue weighted by atomic mass is 16.6. The number of rotatable bonds is 10. The summed E-state index contributed by atoms with van der Waals surface area (Å²) < 4.78 is 17.2. The van der Waals surface area contributed by atoms with E-state index in [1.54, 1.807) is 31.5 Å². The zero-order valence-electron chi connectivity index (χ0n) is 22.8. The minimum Gasteiger partial charge on any atom is -0.495 e. The zero-order valence-corrected chi connectivity index (χ0v) is 22.8. The van der Waals surface area contributed by atoms with Crippen LogP contribution >= 0.6 is 0 Å². The topological polar surface area (TPSA) is 89.0 Å². The number of likely N-dealkylation sites (N-methyl/N-ethyl adjacent to an activating group) is 1. The fourth-order valence-corrected chi connectivity index (χ4v) is 3.87. The van der Waals surface area contributed by atoms with Gasteiger partial charge < -0.3 is 24.4 Å². The van der Waals surface area contributed by atoms with Crippen molar-refractivity contribution in [3.8, 4) is 17.2 Å². The van der Waals surface area contributed by atoms with Crippen molar-refractivity contribution < 1.29 is 19.0 Å². The van der Waals surface area contributed by atoms with Gasteiger partial charge in [0, 0.05) is 24.5 Å². The number of carbonyl (C=O) groups excluding carboxylic acids is 1. The lowest BCUT2D eigenvalue weighted by Gasteiger charge is -2.24. The molecule has 1 aromatic heterocycles. The Balaban J connectivity index is 1.61.